The SMILES string of the molecule is Cc1cc(C(=O)OCCOCCO)ccc1N1C(=O)CSC1c1ccc(F)cc1. The van der Waals surface area contributed by atoms with Crippen molar-refractivity contribution in [2.45, 2.75) is 12.3 Å². The number of anilines is 1. The van der Waals surface area contributed by atoms with Gasteiger partial charge >= 0.3 is 5.97 Å². The Labute approximate surface area is 172 Å². The molecule has 3 rings (SSSR count). The van der Waals surface area contributed by atoms with Gasteiger partial charge in [0, 0.05) is 5.69 Å². The number of esters is 1. The fourth-order valence-electron chi connectivity index (χ4n) is 3.05. The quantitative estimate of drug-likeness (QED) is 0.524. The van der Waals surface area contributed by atoms with Crippen LogP contribution in [0, 0.1) is 12.7 Å². The number of aliphatic hydroxyl groups excluding tert-OH is 1. The van der Waals surface area contributed by atoms with E-state index in [9.17, 15) is 14.0 Å². The molecule has 29 heavy (non-hydrogen) atoms. The molecule has 2 aromatic carbocycles. The molecule has 0 saturated carbocycles. The third-order valence-electron chi connectivity index (χ3n) is 4.41. The molecule has 2 aromatic rings. The summed E-state index contributed by atoms with van der Waals surface area (Å²) >= 11 is 1.48. The number of hydrogen-bond donors (Lipinski definition) is 1. The Morgan fingerprint density at radius 2 is 1.97 bits per heavy atom. The smallest absolute Gasteiger partial charge is 0.338 e. The Morgan fingerprint density at radius 1 is 1.21 bits per heavy atom. The van der Waals surface area contributed by atoms with Gasteiger partial charge in [-0.2, -0.15) is 0 Å². The summed E-state index contributed by atoms with van der Waals surface area (Å²) < 4.78 is 23.5. The molecule has 1 saturated heterocycles. The van der Waals surface area contributed by atoms with Gasteiger partial charge in [0.25, 0.3) is 0 Å². The van der Waals surface area contributed by atoms with E-state index in [1.807, 2.05) is 6.92 Å². The third-order valence-corrected chi connectivity index (χ3v) is 5.62. The van der Waals surface area contributed by atoms with E-state index < -0.39 is 5.97 Å². The van der Waals surface area contributed by atoms with Gasteiger partial charge in [-0.25, -0.2) is 9.18 Å². The number of rotatable bonds is 8. The highest BCUT2D eigenvalue weighted by Gasteiger charge is 2.35. The Balaban J connectivity index is 1.73. The molecule has 1 aliphatic heterocycles. The summed E-state index contributed by atoms with van der Waals surface area (Å²) in [6, 6.07) is 11.2. The van der Waals surface area contributed by atoms with Gasteiger partial charge in [-0.3, -0.25) is 9.69 Å². The molecule has 0 radical (unpaired) electrons. The molecule has 0 spiro atoms. The van der Waals surface area contributed by atoms with Crippen LogP contribution in [0.15, 0.2) is 42.5 Å². The van der Waals surface area contributed by atoms with Crippen LogP contribution in [-0.2, 0) is 14.3 Å². The average molecular weight is 419 g/mol. The van der Waals surface area contributed by atoms with Crippen LogP contribution in [0.1, 0.15) is 26.9 Å². The Kier molecular flexibility index (Phi) is 7.24. The van der Waals surface area contributed by atoms with Crippen LogP contribution < -0.4 is 4.90 Å². The topological polar surface area (TPSA) is 76.1 Å². The highest BCUT2D eigenvalue weighted by Crippen LogP contribution is 2.42. The minimum absolute atomic E-state index is 0.0382. The fourth-order valence-corrected chi connectivity index (χ4v) is 4.22. The standard InChI is InChI=1S/C21H22FNO5S/c1-14-12-16(21(26)28-11-10-27-9-8-24)4-7-18(14)23-19(25)13-29-20(23)15-2-5-17(22)6-3-15/h2-7,12,20,24H,8-11,13H2,1H3. The summed E-state index contributed by atoms with van der Waals surface area (Å²) in [5.74, 6) is -0.511. The van der Waals surface area contributed by atoms with Gasteiger partial charge in [-0.1, -0.05) is 12.1 Å². The lowest BCUT2D eigenvalue weighted by atomic mass is 10.1. The normalized spacial score (nSPS) is 16.3. The van der Waals surface area contributed by atoms with Crippen molar-refractivity contribution < 1.29 is 28.6 Å². The van der Waals surface area contributed by atoms with E-state index in [2.05, 4.69) is 0 Å². The van der Waals surface area contributed by atoms with E-state index >= 15 is 0 Å². The summed E-state index contributed by atoms with van der Waals surface area (Å²) in [5, 5.41) is 8.40. The summed E-state index contributed by atoms with van der Waals surface area (Å²) in [4.78, 5) is 26.4. The number of aryl methyl sites for hydroxylation is 1. The molecule has 0 aromatic heterocycles. The summed E-state index contributed by atoms with van der Waals surface area (Å²) in [6.45, 7) is 2.24. The van der Waals surface area contributed by atoms with Gasteiger partial charge in [-0.15, -0.1) is 11.8 Å². The molecule has 8 heteroatoms. The van der Waals surface area contributed by atoms with Crippen molar-refractivity contribution in [3.05, 3.63) is 65.0 Å². The average Bonchev–Trinajstić information content (AvgIpc) is 3.09. The van der Waals surface area contributed by atoms with Gasteiger partial charge in [-0.05, 0) is 48.4 Å². The zero-order chi connectivity index (χ0) is 20.8. The van der Waals surface area contributed by atoms with Crippen LogP contribution in [0.25, 0.3) is 0 Å². The fraction of sp³-hybridized carbons (Fsp3) is 0.333. The molecule has 1 aliphatic rings. The largest absolute Gasteiger partial charge is 0.460 e. The number of nitrogens with zero attached hydrogens (tertiary/aromatic N) is 1. The van der Waals surface area contributed by atoms with Gasteiger partial charge in [0.2, 0.25) is 5.91 Å². The van der Waals surface area contributed by atoms with E-state index in [1.165, 1.54) is 23.9 Å². The lowest BCUT2D eigenvalue weighted by Crippen LogP contribution is -2.28. The van der Waals surface area contributed by atoms with Crippen molar-refractivity contribution in [3.63, 3.8) is 0 Å². The van der Waals surface area contributed by atoms with Gasteiger partial charge < -0.3 is 14.6 Å². The molecule has 6 nitrogen and oxygen atoms in total. The van der Waals surface area contributed by atoms with Crippen molar-refractivity contribution >= 4 is 29.3 Å². The number of benzene rings is 2. The van der Waals surface area contributed by atoms with Crippen molar-refractivity contribution in [2.75, 3.05) is 37.1 Å². The molecular formula is C21H22FNO5S. The number of ether oxygens (including phenoxy) is 2. The second kappa shape index (κ2) is 9.87. The maximum Gasteiger partial charge on any atom is 0.338 e. The van der Waals surface area contributed by atoms with E-state index in [0.29, 0.717) is 17.0 Å². The van der Waals surface area contributed by atoms with E-state index in [-0.39, 0.29) is 43.5 Å². The number of amides is 1. The first kappa shape index (κ1) is 21.3. The Bertz CT molecular complexity index is 874. The summed E-state index contributed by atoms with van der Waals surface area (Å²) in [6.07, 6.45) is 0. The molecule has 1 atom stereocenters. The molecule has 1 fully saturated rings. The molecule has 1 heterocycles. The Hall–Kier alpha value is -2.42. The Morgan fingerprint density at radius 3 is 2.66 bits per heavy atom. The third kappa shape index (κ3) is 5.14. The van der Waals surface area contributed by atoms with E-state index in [0.717, 1.165) is 11.1 Å². The first-order valence-electron chi connectivity index (χ1n) is 9.17. The van der Waals surface area contributed by atoms with Crippen LogP contribution >= 0.6 is 11.8 Å². The van der Waals surface area contributed by atoms with Crippen molar-refractivity contribution in [2.24, 2.45) is 0 Å². The number of hydrogen-bond acceptors (Lipinski definition) is 6. The summed E-state index contributed by atoms with van der Waals surface area (Å²) in [7, 11) is 0. The molecule has 1 unspecified atom stereocenters. The van der Waals surface area contributed by atoms with Crippen molar-refractivity contribution in [1.29, 1.82) is 0 Å². The van der Waals surface area contributed by atoms with E-state index in [1.54, 1.807) is 35.2 Å². The van der Waals surface area contributed by atoms with Crippen LogP contribution in [0.5, 0.6) is 0 Å². The lowest BCUT2D eigenvalue weighted by Gasteiger charge is -2.26. The number of halogens is 1. The van der Waals surface area contributed by atoms with Crippen LogP contribution in [0.3, 0.4) is 0 Å². The molecule has 154 valence electrons. The number of carbonyl (C=O) groups is 2. The first-order chi connectivity index (χ1) is 14.0. The lowest BCUT2D eigenvalue weighted by molar-refractivity contribution is -0.115. The van der Waals surface area contributed by atoms with Crippen molar-refractivity contribution in [3.8, 4) is 0 Å². The van der Waals surface area contributed by atoms with Crippen LogP contribution in [0.2, 0.25) is 0 Å². The second-order valence-electron chi connectivity index (χ2n) is 6.45. The monoisotopic (exact) mass is 419 g/mol. The van der Waals surface area contributed by atoms with Crippen molar-refractivity contribution in [1.82, 2.24) is 0 Å². The van der Waals surface area contributed by atoms with Gasteiger partial charge in [0.05, 0.1) is 31.1 Å². The number of aliphatic hydroxyl groups is 1. The highest BCUT2D eigenvalue weighted by atomic mass is 32.2. The minimum atomic E-state index is -0.482. The molecule has 0 bridgehead atoms. The molecule has 1 amide bonds. The zero-order valence-corrected chi connectivity index (χ0v) is 16.8. The minimum Gasteiger partial charge on any atom is -0.460 e. The van der Waals surface area contributed by atoms with Gasteiger partial charge in [0.15, 0.2) is 0 Å². The number of thioether (sulfide) groups is 1. The second-order valence-corrected chi connectivity index (χ2v) is 7.52. The van der Waals surface area contributed by atoms with Crippen LogP contribution in [-0.4, -0.2) is 49.2 Å². The van der Waals surface area contributed by atoms with E-state index in [4.69, 9.17) is 14.6 Å². The molecular weight excluding hydrogens is 397 g/mol. The maximum absolute atomic E-state index is 13.3. The predicted molar refractivity (Wildman–Crippen MR) is 108 cm³/mol. The maximum atomic E-state index is 13.3. The van der Waals surface area contributed by atoms with Gasteiger partial charge in [0.1, 0.15) is 17.8 Å². The summed E-state index contributed by atoms with van der Waals surface area (Å²) in [5.41, 5.74) is 2.69. The molecule has 1 N–H and O–H groups in total. The highest BCUT2D eigenvalue weighted by molar-refractivity contribution is 8.00. The zero-order valence-electron chi connectivity index (χ0n) is 16.0. The first-order valence-corrected chi connectivity index (χ1v) is 10.2. The predicted octanol–water partition coefficient (Wildman–Crippen LogP) is 3.08. The van der Waals surface area contributed by atoms with Crippen LogP contribution in [0.4, 0.5) is 10.1 Å². The number of carbonyl (C=O) groups excluding carboxylic acids is 2. The molecule has 0 aliphatic carbocycles.